The lowest BCUT2D eigenvalue weighted by atomic mass is 9.92. The lowest BCUT2D eigenvalue weighted by Gasteiger charge is -2.17. The number of carboxylic acid groups (broad SMARTS) is 1. The molecule has 1 aromatic rings. The van der Waals surface area contributed by atoms with Gasteiger partial charge in [0.2, 0.25) is 0 Å². The summed E-state index contributed by atoms with van der Waals surface area (Å²) in [7, 11) is 0. The van der Waals surface area contributed by atoms with Crippen molar-refractivity contribution in [3.05, 3.63) is 34.9 Å². The second-order valence-electron chi connectivity index (χ2n) is 4.83. The molecule has 2 rings (SSSR count). The van der Waals surface area contributed by atoms with Crippen molar-refractivity contribution in [1.82, 2.24) is 0 Å². The van der Waals surface area contributed by atoms with Crippen molar-refractivity contribution in [2.45, 2.75) is 44.3 Å². The standard InChI is InChI=1S/C14H17ClO3/c1-9-5-6-12(18-9)8-13(14(16)17)10-3-2-4-11(15)7-10/h2-4,7,9,12-13H,5-6,8H2,1H3,(H,16,17). The number of rotatable bonds is 4. The summed E-state index contributed by atoms with van der Waals surface area (Å²) >= 11 is 5.91. The molecule has 1 aliphatic rings. The number of hydrogen-bond donors (Lipinski definition) is 1. The van der Waals surface area contributed by atoms with Crippen LogP contribution in [0, 0.1) is 0 Å². The molecule has 1 aromatic carbocycles. The maximum absolute atomic E-state index is 11.4. The van der Waals surface area contributed by atoms with E-state index in [0.29, 0.717) is 11.4 Å². The van der Waals surface area contributed by atoms with E-state index in [1.807, 2.05) is 13.0 Å². The number of carboxylic acids is 1. The second kappa shape index (κ2) is 5.72. The topological polar surface area (TPSA) is 46.5 Å². The molecule has 0 aromatic heterocycles. The zero-order chi connectivity index (χ0) is 13.1. The number of aliphatic carboxylic acids is 1. The molecule has 1 aliphatic heterocycles. The number of hydrogen-bond acceptors (Lipinski definition) is 2. The van der Waals surface area contributed by atoms with E-state index in [-0.39, 0.29) is 12.2 Å². The molecule has 18 heavy (non-hydrogen) atoms. The largest absolute Gasteiger partial charge is 0.481 e. The lowest BCUT2D eigenvalue weighted by Crippen LogP contribution is -2.19. The van der Waals surface area contributed by atoms with Crippen molar-refractivity contribution >= 4 is 17.6 Å². The van der Waals surface area contributed by atoms with E-state index in [0.717, 1.165) is 18.4 Å². The van der Waals surface area contributed by atoms with Crippen LogP contribution in [0.5, 0.6) is 0 Å². The van der Waals surface area contributed by atoms with Crippen LogP contribution < -0.4 is 0 Å². The summed E-state index contributed by atoms with van der Waals surface area (Å²) in [4.78, 5) is 11.4. The summed E-state index contributed by atoms with van der Waals surface area (Å²) in [6.07, 6.45) is 2.74. The van der Waals surface area contributed by atoms with Gasteiger partial charge in [0.05, 0.1) is 18.1 Å². The second-order valence-corrected chi connectivity index (χ2v) is 5.26. The Kier molecular flexibility index (Phi) is 4.25. The zero-order valence-corrected chi connectivity index (χ0v) is 11.1. The van der Waals surface area contributed by atoms with Gasteiger partial charge in [0.15, 0.2) is 0 Å². The van der Waals surface area contributed by atoms with E-state index < -0.39 is 11.9 Å². The van der Waals surface area contributed by atoms with Gasteiger partial charge < -0.3 is 9.84 Å². The third kappa shape index (κ3) is 3.24. The van der Waals surface area contributed by atoms with Gasteiger partial charge in [-0.25, -0.2) is 0 Å². The fourth-order valence-electron chi connectivity index (χ4n) is 2.42. The molecule has 0 bridgehead atoms. The number of carbonyl (C=O) groups is 1. The van der Waals surface area contributed by atoms with E-state index in [9.17, 15) is 9.90 Å². The van der Waals surface area contributed by atoms with Gasteiger partial charge in [0.25, 0.3) is 0 Å². The van der Waals surface area contributed by atoms with Crippen molar-refractivity contribution in [2.24, 2.45) is 0 Å². The minimum Gasteiger partial charge on any atom is -0.481 e. The molecule has 0 aliphatic carbocycles. The predicted octanol–water partition coefficient (Wildman–Crippen LogP) is 3.47. The van der Waals surface area contributed by atoms with Crippen LogP contribution in [0.1, 0.15) is 37.7 Å². The van der Waals surface area contributed by atoms with Crippen LogP contribution in [0.25, 0.3) is 0 Å². The van der Waals surface area contributed by atoms with Crippen molar-refractivity contribution in [2.75, 3.05) is 0 Å². The Balaban J connectivity index is 2.11. The van der Waals surface area contributed by atoms with E-state index in [1.165, 1.54) is 0 Å². The van der Waals surface area contributed by atoms with Crippen molar-refractivity contribution in [3.63, 3.8) is 0 Å². The van der Waals surface area contributed by atoms with Crippen LogP contribution in [0.15, 0.2) is 24.3 Å². The fourth-order valence-corrected chi connectivity index (χ4v) is 2.62. The SMILES string of the molecule is CC1CCC(CC(C(=O)O)c2cccc(Cl)c2)O1. The van der Waals surface area contributed by atoms with Gasteiger partial charge in [0.1, 0.15) is 0 Å². The Morgan fingerprint density at radius 1 is 1.56 bits per heavy atom. The first kappa shape index (κ1) is 13.4. The first-order valence-electron chi connectivity index (χ1n) is 6.20. The maximum atomic E-state index is 11.4. The van der Waals surface area contributed by atoms with Gasteiger partial charge in [0, 0.05) is 5.02 Å². The molecule has 98 valence electrons. The van der Waals surface area contributed by atoms with E-state index in [1.54, 1.807) is 18.2 Å². The average Bonchev–Trinajstić information content (AvgIpc) is 2.71. The lowest BCUT2D eigenvalue weighted by molar-refractivity contribution is -0.139. The first-order chi connectivity index (χ1) is 8.56. The molecule has 1 saturated heterocycles. The predicted molar refractivity (Wildman–Crippen MR) is 70.0 cm³/mol. The van der Waals surface area contributed by atoms with Crippen LogP contribution in [-0.4, -0.2) is 23.3 Å². The maximum Gasteiger partial charge on any atom is 0.311 e. The van der Waals surface area contributed by atoms with Crippen LogP contribution in [0.3, 0.4) is 0 Å². The minimum absolute atomic E-state index is 0.0417. The van der Waals surface area contributed by atoms with E-state index >= 15 is 0 Å². The first-order valence-corrected chi connectivity index (χ1v) is 6.58. The molecule has 1 N–H and O–H groups in total. The van der Waals surface area contributed by atoms with Gasteiger partial charge in [-0.3, -0.25) is 4.79 Å². The van der Waals surface area contributed by atoms with Gasteiger partial charge in [-0.05, 0) is 43.9 Å². The summed E-state index contributed by atoms with van der Waals surface area (Å²) in [5.41, 5.74) is 0.748. The molecule has 3 atom stereocenters. The molecular weight excluding hydrogens is 252 g/mol. The minimum atomic E-state index is -0.819. The summed E-state index contributed by atoms with van der Waals surface area (Å²) < 4.78 is 5.70. The van der Waals surface area contributed by atoms with Crippen LogP contribution in [0.2, 0.25) is 5.02 Å². The van der Waals surface area contributed by atoms with Gasteiger partial charge in [-0.2, -0.15) is 0 Å². The summed E-state index contributed by atoms with van der Waals surface area (Å²) in [5.74, 6) is -1.36. The Morgan fingerprint density at radius 3 is 2.89 bits per heavy atom. The molecule has 1 heterocycles. The van der Waals surface area contributed by atoms with Crippen molar-refractivity contribution < 1.29 is 14.6 Å². The van der Waals surface area contributed by atoms with Gasteiger partial charge in [-0.15, -0.1) is 0 Å². The van der Waals surface area contributed by atoms with Gasteiger partial charge >= 0.3 is 5.97 Å². The molecule has 3 unspecified atom stereocenters. The van der Waals surface area contributed by atoms with E-state index in [4.69, 9.17) is 16.3 Å². The zero-order valence-electron chi connectivity index (χ0n) is 10.3. The third-order valence-corrected chi connectivity index (χ3v) is 3.60. The van der Waals surface area contributed by atoms with Crippen LogP contribution >= 0.6 is 11.6 Å². The summed E-state index contributed by atoms with van der Waals surface area (Å²) in [6, 6.07) is 7.06. The molecule has 1 fully saturated rings. The smallest absolute Gasteiger partial charge is 0.311 e. The normalized spacial score (nSPS) is 25.0. The molecule has 0 amide bonds. The highest BCUT2D eigenvalue weighted by Gasteiger charge is 2.29. The number of halogens is 1. The Hall–Kier alpha value is -1.06. The summed E-state index contributed by atoms with van der Waals surface area (Å²) in [5, 5.41) is 9.91. The highest BCUT2D eigenvalue weighted by Crippen LogP contribution is 2.30. The van der Waals surface area contributed by atoms with E-state index in [2.05, 4.69) is 0 Å². The number of benzene rings is 1. The van der Waals surface area contributed by atoms with Crippen molar-refractivity contribution in [3.8, 4) is 0 Å². The highest BCUT2D eigenvalue weighted by molar-refractivity contribution is 6.30. The van der Waals surface area contributed by atoms with Crippen molar-refractivity contribution in [1.29, 1.82) is 0 Å². The monoisotopic (exact) mass is 268 g/mol. The fraction of sp³-hybridized carbons (Fsp3) is 0.500. The quantitative estimate of drug-likeness (QED) is 0.910. The molecule has 3 nitrogen and oxygen atoms in total. The average molecular weight is 269 g/mol. The molecular formula is C14H17ClO3. The van der Waals surface area contributed by atoms with Crippen LogP contribution in [0.4, 0.5) is 0 Å². The van der Waals surface area contributed by atoms with Gasteiger partial charge in [-0.1, -0.05) is 23.7 Å². The Morgan fingerprint density at radius 2 is 2.33 bits per heavy atom. The molecule has 0 radical (unpaired) electrons. The molecule has 0 saturated carbocycles. The summed E-state index contributed by atoms with van der Waals surface area (Å²) in [6.45, 7) is 2.02. The molecule has 4 heteroatoms. The Bertz CT molecular complexity index is 433. The molecule has 0 spiro atoms. The third-order valence-electron chi connectivity index (χ3n) is 3.37. The van der Waals surface area contributed by atoms with Crippen LogP contribution in [-0.2, 0) is 9.53 Å². The Labute approximate surface area is 112 Å². The number of ether oxygens (including phenoxy) is 1. The highest BCUT2D eigenvalue weighted by atomic mass is 35.5.